The van der Waals surface area contributed by atoms with Gasteiger partial charge in [-0.3, -0.25) is 4.79 Å². The van der Waals surface area contributed by atoms with E-state index >= 15 is 0 Å². The van der Waals surface area contributed by atoms with E-state index in [9.17, 15) is 18.0 Å². The van der Waals surface area contributed by atoms with E-state index < -0.39 is 17.7 Å². The Balaban J connectivity index is 3.33. The molecule has 0 heterocycles. The molecule has 1 aromatic rings. The van der Waals surface area contributed by atoms with Crippen LogP contribution in [0.2, 0.25) is 0 Å². The van der Waals surface area contributed by atoms with Crippen molar-refractivity contribution in [1.82, 2.24) is 0 Å². The Morgan fingerprint density at radius 2 is 2.11 bits per heavy atom. The number of hydrogen-bond donors (Lipinski definition) is 0. The zero-order valence-electron chi connectivity index (χ0n) is 9.14. The minimum atomic E-state index is -4.57. The number of alkyl halides is 3. The second-order valence-corrected chi connectivity index (χ2v) is 4.15. The molecule has 0 amide bonds. The van der Waals surface area contributed by atoms with Gasteiger partial charge in [0.25, 0.3) is 0 Å². The highest BCUT2D eigenvalue weighted by atomic mass is 79.9. The molecule has 0 bridgehead atoms. The molecule has 1 rings (SSSR count). The Labute approximate surface area is 109 Å². The number of halogens is 4. The molecule has 0 unspecified atom stereocenters. The van der Waals surface area contributed by atoms with Crippen molar-refractivity contribution in [3.63, 3.8) is 0 Å². The number of nitriles is 1. The van der Waals surface area contributed by atoms with Gasteiger partial charge in [0, 0.05) is 4.47 Å². The number of rotatable bonds is 2. The first-order valence-electron chi connectivity index (χ1n) is 4.66. The SMILES string of the molecule is COC(=O)Cc1cc(C(F)(F)F)cc(C#N)c1Br. The van der Waals surface area contributed by atoms with Crippen LogP contribution in [-0.2, 0) is 22.1 Å². The number of carbonyl (C=O) groups is 1. The van der Waals surface area contributed by atoms with Gasteiger partial charge >= 0.3 is 12.1 Å². The summed E-state index contributed by atoms with van der Waals surface area (Å²) in [6.45, 7) is 0. The highest BCUT2D eigenvalue weighted by molar-refractivity contribution is 9.10. The van der Waals surface area contributed by atoms with Gasteiger partial charge in [0.15, 0.2) is 0 Å². The normalized spacial score (nSPS) is 10.9. The summed E-state index contributed by atoms with van der Waals surface area (Å²) in [5.41, 5.74) is -1.09. The van der Waals surface area contributed by atoms with Crippen molar-refractivity contribution in [2.75, 3.05) is 7.11 Å². The quantitative estimate of drug-likeness (QED) is 0.787. The molecule has 0 aliphatic carbocycles. The summed E-state index contributed by atoms with van der Waals surface area (Å²) in [5.74, 6) is -0.682. The molecule has 0 fully saturated rings. The van der Waals surface area contributed by atoms with E-state index in [1.165, 1.54) is 0 Å². The molecule has 0 atom stereocenters. The number of ether oxygens (including phenoxy) is 1. The standard InChI is InChI=1S/C11H7BrF3NO2/c1-18-9(17)4-6-2-8(11(13,14)15)3-7(5-16)10(6)12/h2-3H,4H2,1H3. The summed E-state index contributed by atoms with van der Waals surface area (Å²) < 4.78 is 42.3. The average molecular weight is 322 g/mol. The van der Waals surface area contributed by atoms with Crippen LogP contribution in [0.15, 0.2) is 16.6 Å². The summed E-state index contributed by atoms with van der Waals surface area (Å²) >= 11 is 3.00. The van der Waals surface area contributed by atoms with Crippen molar-refractivity contribution in [3.05, 3.63) is 33.3 Å². The number of carbonyl (C=O) groups excluding carboxylic acids is 1. The maximum Gasteiger partial charge on any atom is 0.416 e. The number of benzene rings is 1. The van der Waals surface area contributed by atoms with Crippen molar-refractivity contribution >= 4 is 21.9 Å². The molecule has 96 valence electrons. The van der Waals surface area contributed by atoms with Crippen molar-refractivity contribution in [2.45, 2.75) is 12.6 Å². The molecular formula is C11H7BrF3NO2. The van der Waals surface area contributed by atoms with Crippen molar-refractivity contribution in [2.24, 2.45) is 0 Å². The van der Waals surface area contributed by atoms with E-state index in [0.717, 1.165) is 19.2 Å². The molecule has 0 aliphatic rings. The molecule has 3 nitrogen and oxygen atoms in total. The van der Waals surface area contributed by atoms with Crippen LogP contribution in [0.5, 0.6) is 0 Å². The number of methoxy groups -OCH3 is 1. The largest absolute Gasteiger partial charge is 0.469 e. The van der Waals surface area contributed by atoms with Crippen LogP contribution >= 0.6 is 15.9 Å². The Hall–Kier alpha value is -1.55. The lowest BCUT2D eigenvalue weighted by atomic mass is 10.0. The first-order chi connectivity index (χ1) is 8.29. The minimum Gasteiger partial charge on any atom is -0.469 e. The third kappa shape index (κ3) is 3.23. The predicted molar refractivity (Wildman–Crippen MR) is 59.6 cm³/mol. The third-order valence-electron chi connectivity index (χ3n) is 2.16. The summed E-state index contributed by atoms with van der Waals surface area (Å²) in [4.78, 5) is 11.1. The molecule has 1 aromatic carbocycles. The van der Waals surface area contributed by atoms with Gasteiger partial charge in [-0.25, -0.2) is 0 Å². The summed E-state index contributed by atoms with van der Waals surface area (Å²) in [5, 5.41) is 8.76. The lowest BCUT2D eigenvalue weighted by Crippen LogP contribution is -2.10. The topological polar surface area (TPSA) is 50.1 Å². The molecule has 18 heavy (non-hydrogen) atoms. The molecule has 0 aromatic heterocycles. The first kappa shape index (κ1) is 14.5. The Bertz CT molecular complexity index is 520. The van der Waals surface area contributed by atoms with E-state index in [1.807, 2.05) is 0 Å². The summed E-state index contributed by atoms with van der Waals surface area (Å²) in [6.07, 6.45) is -4.91. The lowest BCUT2D eigenvalue weighted by molar-refractivity contribution is -0.140. The van der Waals surface area contributed by atoms with Crippen molar-refractivity contribution in [3.8, 4) is 6.07 Å². The molecule has 0 aliphatic heterocycles. The fourth-order valence-electron chi connectivity index (χ4n) is 1.29. The van der Waals surface area contributed by atoms with Crippen molar-refractivity contribution in [1.29, 1.82) is 5.26 Å². The molecule has 7 heteroatoms. The van der Waals surface area contributed by atoms with Gasteiger partial charge in [0.1, 0.15) is 6.07 Å². The molecule has 0 saturated carbocycles. The number of esters is 1. The average Bonchev–Trinajstić information content (AvgIpc) is 2.30. The minimum absolute atomic E-state index is 0.0632. The fraction of sp³-hybridized carbons (Fsp3) is 0.273. The smallest absolute Gasteiger partial charge is 0.416 e. The number of nitrogens with zero attached hydrogens (tertiary/aromatic N) is 1. The molecule has 0 spiro atoms. The van der Waals surface area contributed by atoms with Crippen LogP contribution < -0.4 is 0 Å². The van der Waals surface area contributed by atoms with Gasteiger partial charge in [0.2, 0.25) is 0 Å². The Morgan fingerprint density at radius 3 is 2.56 bits per heavy atom. The van der Waals surface area contributed by atoms with Gasteiger partial charge in [-0.1, -0.05) is 0 Å². The first-order valence-corrected chi connectivity index (χ1v) is 5.45. The van der Waals surface area contributed by atoms with Gasteiger partial charge in [-0.05, 0) is 33.6 Å². The summed E-state index contributed by atoms with van der Waals surface area (Å²) in [7, 11) is 1.13. The van der Waals surface area contributed by atoms with Gasteiger partial charge < -0.3 is 4.74 Å². The van der Waals surface area contributed by atoms with E-state index in [1.54, 1.807) is 6.07 Å². The maximum absolute atomic E-state index is 12.6. The number of hydrogen-bond acceptors (Lipinski definition) is 3. The van der Waals surface area contributed by atoms with Crippen LogP contribution in [0.3, 0.4) is 0 Å². The van der Waals surface area contributed by atoms with Crippen LogP contribution in [-0.4, -0.2) is 13.1 Å². The van der Waals surface area contributed by atoms with Crippen molar-refractivity contribution < 1.29 is 22.7 Å². The van der Waals surface area contributed by atoms with E-state index in [0.29, 0.717) is 0 Å². The lowest BCUT2D eigenvalue weighted by Gasteiger charge is -2.11. The Kier molecular flexibility index (Phi) is 4.35. The second kappa shape index (κ2) is 5.40. The van der Waals surface area contributed by atoms with E-state index in [4.69, 9.17) is 5.26 Å². The highest BCUT2D eigenvalue weighted by Gasteiger charge is 2.32. The van der Waals surface area contributed by atoms with E-state index in [-0.39, 0.29) is 22.0 Å². The van der Waals surface area contributed by atoms with Crippen LogP contribution in [0.1, 0.15) is 16.7 Å². The fourth-order valence-corrected chi connectivity index (χ4v) is 1.74. The van der Waals surface area contributed by atoms with Gasteiger partial charge in [-0.15, -0.1) is 0 Å². The second-order valence-electron chi connectivity index (χ2n) is 3.36. The van der Waals surface area contributed by atoms with Crippen LogP contribution in [0, 0.1) is 11.3 Å². The molecule has 0 saturated heterocycles. The summed E-state index contributed by atoms with van der Waals surface area (Å²) in [6, 6.07) is 3.19. The molecule has 0 N–H and O–H groups in total. The van der Waals surface area contributed by atoms with Crippen LogP contribution in [0.25, 0.3) is 0 Å². The third-order valence-corrected chi connectivity index (χ3v) is 3.09. The molecular weight excluding hydrogens is 315 g/mol. The monoisotopic (exact) mass is 321 g/mol. The van der Waals surface area contributed by atoms with Gasteiger partial charge in [-0.2, -0.15) is 18.4 Å². The van der Waals surface area contributed by atoms with Crippen LogP contribution in [0.4, 0.5) is 13.2 Å². The maximum atomic E-state index is 12.6. The van der Waals surface area contributed by atoms with E-state index in [2.05, 4.69) is 20.7 Å². The zero-order valence-corrected chi connectivity index (χ0v) is 10.7. The van der Waals surface area contributed by atoms with Gasteiger partial charge in [0.05, 0.1) is 24.7 Å². The predicted octanol–water partition coefficient (Wildman–Crippen LogP) is 3.06. The molecule has 0 radical (unpaired) electrons. The Morgan fingerprint density at radius 1 is 1.50 bits per heavy atom. The zero-order chi connectivity index (χ0) is 13.9. The highest BCUT2D eigenvalue weighted by Crippen LogP contribution is 2.34.